The zero-order valence-electron chi connectivity index (χ0n) is 15.7. The number of aryl methyl sites for hydroxylation is 1. The van der Waals surface area contributed by atoms with Gasteiger partial charge in [0.25, 0.3) is 11.8 Å². The van der Waals surface area contributed by atoms with Gasteiger partial charge in [-0.25, -0.2) is 4.68 Å². The number of primary amides is 2. The summed E-state index contributed by atoms with van der Waals surface area (Å²) >= 11 is 1.43. The Bertz CT molecular complexity index is 908. The van der Waals surface area contributed by atoms with Gasteiger partial charge in [-0.1, -0.05) is 6.92 Å². The third-order valence-corrected chi connectivity index (χ3v) is 6.02. The molecule has 0 aliphatic carbocycles. The molecule has 1 aliphatic rings. The number of amides is 2. The van der Waals surface area contributed by atoms with Crippen molar-refractivity contribution in [1.29, 1.82) is 0 Å². The van der Waals surface area contributed by atoms with Gasteiger partial charge >= 0.3 is 0 Å². The Hall–Kier alpha value is -2.19. The summed E-state index contributed by atoms with van der Waals surface area (Å²) in [6, 6.07) is 1.65. The molecule has 140 valence electrons. The van der Waals surface area contributed by atoms with E-state index in [2.05, 4.69) is 5.10 Å². The van der Waals surface area contributed by atoms with E-state index >= 15 is 0 Å². The summed E-state index contributed by atoms with van der Waals surface area (Å²) in [5.74, 6) is -1.12. The first kappa shape index (κ1) is 18.6. The van der Waals surface area contributed by atoms with Crippen LogP contribution in [0.25, 0.3) is 5.00 Å². The van der Waals surface area contributed by atoms with Crippen molar-refractivity contribution in [3.8, 4) is 5.00 Å². The molecular weight excluding hydrogens is 352 g/mol. The van der Waals surface area contributed by atoms with E-state index in [-0.39, 0.29) is 5.69 Å². The molecule has 2 aromatic heterocycles. The molecule has 3 heterocycles. The summed E-state index contributed by atoms with van der Waals surface area (Å²) in [5, 5.41) is 4.94. The fourth-order valence-electron chi connectivity index (χ4n) is 3.68. The van der Waals surface area contributed by atoms with Gasteiger partial charge in [0, 0.05) is 17.0 Å². The quantitative estimate of drug-likeness (QED) is 0.852. The van der Waals surface area contributed by atoms with Crippen LogP contribution in [0.15, 0.2) is 6.07 Å². The molecule has 26 heavy (non-hydrogen) atoms. The van der Waals surface area contributed by atoms with Crippen LogP contribution in [0.5, 0.6) is 0 Å². The van der Waals surface area contributed by atoms with Crippen molar-refractivity contribution in [2.45, 2.75) is 58.7 Å². The zero-order chi connectivity index (χ0) is 19.4. The number of hydrogen-bond acceptors (Lipinski definition) is 5. The van der Waals surface area contributed by atoms with E-state index in [1.807, 2.05) is 34.6 Å². The second-order valence-electron chi connectivity index (χ2n) is 7.65. The van der Waals surface area contributed by atoms with Gasteiger partial charge in [-0.3, -0.25) is 9.59 Å². The number of aromatic nitrogens is 2. The van der Waals surface area contributed by atoms with Crippen LogP contribution in [-0.4, -0.2) is 27.2 Å². The molecule has 2 aromatic rings. The lowest BCUT2D eigenvalue weighted by Gasteiger charge is -2.41. The minimum atomic E-state index is -0.606. The summed E-state index contributed by atoms with van der Waals surface area (Å²) < 4.78 is 7.84. The number of nitrogens with two attached hydrogens (primary N) is 2. The van der Waals surface area contributed by atoms with E-state index in [0.29, 0.717) is 23.4 Å². The fraction of sp³-hybridized carbons (Fsp3) is 0.500. The maximum atomic E-state index is 12.3. The highest BCUT2D eigenvalue weighted by Crippen LogP contribution is 2.47. The highest BCUT2D eigenvalue weighted by molar-refractivity contribution is 7.15. The number of nitrogens with zero attached hydrogens (tertiary/aromatic N) is 2. The van der Waals surface area contributed by atoms with Gasteiger partial charge in [0.1, 0.15) is 5.00 Å². The Morgan fingerprint density at radius 2 is 1.92 bits per heavy atom. The predicted octanol–water partition coefficient (Wildman–Crippen LogP) is 2.28. The van der Waals surface area contributed by atoms with Crippen molar-refractivity contribution in [1.82, 2.24) is 9.78 Å². The Morgan fingerprint density at radius 1 is 1.27 bits per heavy atom. The molecule has 0 fully saturated rings. The maximum Gasteiger partial charge on any atom is 0.269 e. The van der Waals surface area contributed by atoms with Crippen LogP contribution in [0.2, 0.25) is 0 Å². The summed E-state index contributed by atoms with van der Waals surface area (Å²) in [6.45, 7) is 9.91. The molecule has 0 atom stereocenters. The van der Waals surface area contributed by atoms with E-state index in [0.717, 1.165) is 16.1 Å². The highest BCUT2D eigenvalue weighted by atomic mass is 32.1. The molecule has 2 amide bonds. The smallest absolute Gasteiger partial charge is 0.269 e. The molecule has 0 aromatic carbocycles. The van der Waals surface area contributed by atoms with Gasteiger partial charge in [0.15, 0.2) is 5.69 Å². The lowest BCUT2D eigenvalue weighted by molar-refractivity contribution is -0.135. The van der Waals surface area contributed by atoms with Gasteiger partial charge in [-0.15, -0.1) is 11.3 Å². The van der Waals surface area contributed by atoms with Crippen LogP contribution in [0.3, 0.4) is 0 Å². The van der Waals surface area contributed by atoms with Gasteiger partial charge in [-0.2, -0.15) is 5.10 Å². The van der Waals surface area contributed by atoms with Gasteiger partial charge in [-0.05, 0) is 45.7 Å². The van der Waals surface area contributed by atoms with Crippen LogP contribution in [-0.2, 0) is 23.2 Å². The van der Waals surface area contributed by atoms with Gasteiger partial charge < -0.3 is 16.2 Å². The molecule has 0 saturated heterocycles. The van der Waals surface area contributed by atoms with Crippen LogP contribution in [0.4, 0.5) is 0 Å². The van der Waals surface area contributed by atoms with Crippen molar-refractivity contribution in [3.05, 3.63) is 33.5 Å². The largest absolute Gasteiger partial charge is 0.365 e. The Labute approximate surface area is 156 Å². The van der Waals surface area contributed by atoms with E-state index in [9.17, 15) is 9.59 Å². The standard InChI is InChI=1S/C18H24N4O3S/c1-6-9-7-11(14(19)23)21-22(9)16-12(15(20)24)10-8-17(2,3)25-18(4,5)13(10)26-16/h7H,6,8H2,1-5H3,(H2,19,23)(H2,20,24). The fourth-order valence-corrected chi connectivity index (χ4v) is 5.03. The third-order valence-electron chi connectivity index (χ3n) is 4.51. The zero-order valence-corrected chi connectivity index (χ0v) is 16.5. The summed E-state index contributed by atoms with van der Waals surface area (Å²) in [7, 11) is 0. The summed E-state index contributed by atoms with van der Waals surface area (Å²) in [5.41, 5.74) is 12.5. The molecule has 0 unspecified atom stereocenters. The van der Waals surface area contributed by atoms with Crippen molar-refractivity contribution < 1.29 is 14.3 Å². The molecule has 4 N–H and O–H groups in total. The average Bonchev–Trinajstić information content (AvgIpc) is 3.05. The molecule has 0 bridgehead atoms. The number of rotatable bonds is 4. The highest BCUT2D eigenvalue weighted by Gasteiger charge is 2.43. The topological polar surface area (TPSA) is 113 Å². The number of hydrogen-bond donors (Lipinski definition) is 2. The van der Waals surface area contributed by atoms with E-state index < -0.39 is 23.0 Å². The number of thiophene rings is 1. The van der Waals surface area contributed by atoms with Crippen LogP contribution in [0.1, 0.15) is 71.6 Å². The maximum absolute atomic E-state index is 12.3. The summed E-state index contributed by atoms with van der Waals surface area (Å²) in [6.07, 6.45) is 1.21. The molecule has 8 heteroatoms. The molecular formula is C18H24N4O3S. The molecule has 0 radical (unpaired) electrons. The molecule has 0 spiro atoms. The first-order valence-electron chi connectivity index (χ1n) is 8.52. The first-order valence-corrected chi connectivity index (χ1v) is 9.33. The Kier molecular flexibility index (Phi) is 4.23. The monoisotopic (exact) mass is 376 g/mol. The lowest BCUT2D eigenvalue weighted by Crippen LogP contribution is -2.42. The molecule has 0 saturated carbocycles. The predicted molar refractivity (Wildman–Crippen MR) is 99.7 cm³/mol. The van der Waals surface area contributed by atoms with Crippen molar-refractivity contribution in [2.24, 2.45) is 11.5 Å². The van der Waals surface area contributed by atoms with Crippen molar-refractivity contribution in [2.75, 3.05) is 0 Å². The van der Waals surface area contributed by atoms with E-state index in [1.165, 1.54) is 11.3 Å². The first-order chi connectivity index (χ1) is 12.0. The molecule has 3 rings (SSSR count). The summed E-state index contributed by atoms with van der Waals surface area (Å²) in [4.78, 5) is 24.9. The Morgan fingerprint density at radius 3 is 2.46 bits per heavy atom. The van der Waals surface area contributed by atoms with Crippen LogP contribution in [0, 0.1) is 0 Å². The number of carbonyl (C=O) groups is 2. The van der Waals surface area contributed by atoms with Gasteiger partial charge in [0.2, 0.25) is 0 Å². The molecule has 7 nitrogen and oxygen atoms in total. The average molecular weight is 376 g/mol. The number of carbonyl (C=O) groups excluding carboxylic acids is 2. The SMILES string of the molecule is CCc1cc(C(N)=O)nn1-c1sc2c(c1C(N)=O)CC(C)(C)OC2(C)C. The molecule has 1 aliphatic heterocycles. The second-order valence-corrected chi connectivity index (χ2v) is 8.65. The van der Waals surface area contributed by atoms with Crippen LogP contribution < -0.4 is 11.5 Å². The number of fused-ring (bicyclic) bond motifs is 1. The number of ether oxygens (including phenoxy) is 1. The minimum absolute atomic E-state index is 0.166. The Balaban J connectivity index is 2.30. The van der Waals surface area contributed by atoms with Crippen molar-refractivity contribution >= 4 is 23.2 Å². The van der Waals surface area contributed by atoms with E-state index in [4.69, 9.17) is 16.2 Å². The minimum Gasteiger partial charge on any atom is -0.365 e. The second kappa shape index (κ2) is 5.92. The van der Waals surface area contributed by atoms with E-state index in [1.54, 1.807) is 10.7 Å². The normalized spacial score (nSPS) is 17.7. The van der Waals surface area contributed by atoms with Gasteiger partial charge in [0.05, 0.1) is 16.8 Å². The third kappa shape index (κ3) is 2.93. The van der Waals surface area contributed by atoms with Crippen molar-refractivity contribution in [3.63, 3.8) is 0 Å². The van der Waals surface area contributed by atoms with Crippen LogP contribution >= 0.6 is 11.3 Å². The lowest BCUT2D eigenvalue weighted by atomic mass is 9.86.